The summed E-state index contributed by atoms with van der Waals surface area (Å²) in [6.45, 7) is 3.57. The number of hydrogen-bond donors (Lipinski definition) is 1. The number of carbonyl (C=O) groups is 2. The van der Waals surface area contributed by atoms with E-state index in [1.165, 1.54) is 6.08 Å². The molecule has 0 amide bonds. The summed E-state index contributed by atoms with van der Waals surface area (Å²) in [5.41, 5.74) is 1.45. The maximum atomic E-state index is 11.9. The lowest BCUT2D eigenvalue weighted by atomic mass is 10.1. The first-order chi connectivity index (χ1) is 12.6. The van der Waals surface area contributed by atoms with Gasteiger partial charge in [0.1, 0.15) is 19.0 Å². The fourth-order valence-corrected chi connectivity index (χ4v) is 2.12. The molecule has 0 aliphatic rings. The molecule has 0 saturated carbocycles. The Labute approximate surface area is 151 Å². The molecule has 2 aromatic carbocycles. The van der Waals surface area contributed by atoms with Crippen LogP contribution in [0.25, 0.3) is 0 Å². The second-order valence-corrected chi connectivity index (χ2v) is 5.41. The molecule has 0 radical (unpaired) electrons. The summed E-state index contributed by atoms with van der Waals surface area (Å²) in [6.07, 6.45) is -0.715. The van der Waals surface area contributed by atoms with Gasteiger partial charge in [-0.1, -0.05) is 55.1 Å². The number of carbonyl (C=O) groups excluding carboxylic acids is 2. The Hall–Kier alpha value is -3.12. The van der Waals surface area contributed by atoms with Crippen LogP contribution in [0.3, 0.4) is 0 Å². The second-order valence-electron chi connectivity index (χ2n) is 5.41. The molecule has 1 atom stereocenters. The SMILES string of the molecule is C=CCOC(=O)Oc1cccc(CC(O)C(=O)OCc2ccccc2)c1. The highest BCUT2D eigenvalue weighted by Gasteiger charge is 2.18. The quantitative estimate of drug-likeness (QED) is 0.445. The average Bonchev–Trinajstić information content (AvgIpc) is 2.65. The molecule has 0 spiro atoms. The second kappa shape index (κ2) is 10.0. The molecule has 0 fully saturated rings. The van der Waals surface area contributed by atoms with Gasteiger partial charge in [0, 0.05) is 6.42 Å². The molecule has 0 saturated heterocycles. The molecule has 0 aliphatic carbocycles. The van der Waals surface area contributed by atoms with Crippen molar-refractivity contribution in [2.45, 2.75) is 19.1 Å². The minimum atomic E-state index is -1.32. The molecule has 6 nitrogen and oxygen atoms in total. The van der Waals surface area contributed by atoms with Gasteiger partial charge in [-0.05, 0) is 23.3 Å². The topological polar surface area (TPSA) is 82.1 Å². The van der Waals surface area contributed by atoms with Crippen LogP contribution in [0, 0.1) is 0 Å². The number of aliphatic hydroxyl groups excluding tert-OH is 1. The number of benzene rings is 2. The third-order valence-electron chi connectivity index (χ3n) is 3.34. The normalized spacial score (nSPS) is 11.3. The Morgan fingerprint density at radius 1 is 1.04 bits per heavy atom. The minimum absolute atomic E-state index is 0.0343. The maximum Gasteiger partial charge on any atom is 0.514 e. The molecular weight excluding hydrogens is 336 g/mol. The number of ether oxygens (including phenoxy) is 3. The number of esters is 1. The van der Waals surface area contributed by atoms with Crippen LogP contribution >= 0.6 is 0 Å². The number of aliphatic hydroxyl groups is 1. The standard InChI is InChI=1S/C20H20O6/c1-2-11-24-20(23)26-17-10-6-9-16(12-17)13-18(21)19(22)25-14-15-7-4-3-5-8-15/h2-10,12,18,21H,1,11,13-14H2. The van der Waals surface area contributed by atoms with Crippen molar-refractivity contribution in [1.82, 2.24) is 0 Å². The molecule has 2 rings (SSSR count). The van der Waals surface area contributed by atoms with Crippen molar-refractivity contribution in [3.8, 4) is 5.75 Å². The van der Waals surface area contributed by atoms with E-state index in [-0.39, 0.29) is 25.4 Å². The number of rotatable bonds is 8. The van der Waals surface area contributed by atoms with Crippen molar-refractivity contribution in [3.63, 3.8) is 0 Å². The molecule has 1 unspecified atom stereocenters. The summed E-state index contributed by atoms with van der Waals surface area (Å²) >= 11 is 0. The summed E-state index contributed by atoms with van der Waals surface area (Å²) in [5.74, 6) is -0.466. The summed E-state index contributed by atoms with van der Waals surface area (Å²) in [7, 11) is 0. The van der Waals surface area contributed by atoms with Crippen molar-refractivity contribution in [2.24, 2.45) is 0 Å². The van der Waals surface area contributed by atoms with E-state index in [2.05, 4.69) is 6.58 Å². The fraction of sp³-hybridized carbons (Fsp3) is 0.200. The van der Waals surface area contributed by atoms with E-state index >= 15 is 0 Å². The highest BCUT2D eigenvalue weighted by molar-refractivity contribution is 5.74. The first-order valence-electron chi connectivity index (χ1n) is 8.01. The summed E-state index contributed by atoms with van der Waals surface area (Å²) in [4.78, 5) is 23.3. The zero-order valence-corrected chi connectivity index (χ0v) is 14.2. The van der Waals surface area contributed by atoms with Crippen molar-refractivity contribution in [3.05, 3.63) is 78.4 Å². The van der Waals surface area contributed by atoms with Crippen molar-refractivity contribution in [1.29, 1.82) is 0 Å². The molecule has 0 heterocycles. The van der Waals surface area contributed by atoms with Crippen molar-refractivity contribution in [2.75, 3.05) is 6.61 Å². The van der Waals surface area contributed by atoms with Gasteiger partial charge < -0.3 is 19.3 Å². The van der Waals surface area contributed by atoms with Gasteiger partial charge in [0.2, 0.25) is 0 Å². The summed E-state index contributed by atoms with van der Waals surface area (Å²) in [5, 5.41) is 10.0. The Kier molecular flexibility index (Phi) is 7.39. The molecule has 1 N–H and O–H groups in total. The van der Waals surface area contributed by atoms with Gasteiger partial charge >= 0.3 is 12.1 Å². The Balaban J connectivity index is 1.86. The third kappa shape index (κ3) is 6.41. The van der Waals surface area contributed by atoms with Gasteiger partial charge in [-0.15, -0.1) is 0 Å². The average molecular weight is 356 g/mol. The predicted octanol–water partition coefficient (Wildman–Crippen LogP) is 3.03. The van der Waals surface area contributed by atoms with Crippen LogP contribution in [0.2, 0.25) is 0 Å². The summed E-state index contributed by atoms with van der Waals surface area (Å²) in [6, 6.07) is 15.7. The zero-order chi connectivity index (χ0) is 18.8. The van der Waals surface area contributed by atoms with Gasteiger partial charge in [0.15, 0.2) is 6.10 Å². The smallest absolute Gasteiger partial charge is 0.459 e. The van der Waals surface area contributed by atoms with Crippen LogP contribution in [0.15, 0.2) is 67.3 Å². The minimum Gasteiger partial charge on any atom is -0.459 e. The first-order valence-corrected chi connectivity index (χ1v) is 8.01. The van der Waals surface area contributed by atoms with E-state index in [1.54, 1.807) is 24.3 Å². The molecule has 0 aliphatic heterocycles. The van der Waals surface area contributed by atoms with Crippen LogP contribution in [-0.4, -0.2) is 29.9 Å². The molecular formula is C20H20O6. The van der Waals surface area contributed by atoms with Crippen molar-refractivity contribution < 1.29 is 28.9 Å². The van der Waals surface area contributed by atoms with Gasteiger partial charge in [-0.3, -0.25) is 0 Å². The molecule has 6 heteroatoms. The number of hydrogen-bond acceptors (Lipinski definition) is 6. The lowest BCUT2D eigenvalue weighted by molar-refractivity contribution is -0.154. The van der Waals surface area contributed by atoms with Gasteiger partial charge in [0.05, 0.1) is 0 Å². The highest BCUT2D eigenvalue weighted by Crippen LogP contribution is 2.16. The van der Waals surface area contributed by atoms with Crippen LogP contribution < -0.4 is 4.74 Å². The first kappa shape index (κ1) is 19.2. The van der Waals surface area contributed by atoms with Crippen LogP contribution in [0.4, 0.5) is 4.79 Å². The van der Waals surface area contributed by atoms with Gasteiger partial charge in [0.25, 0.3) is 0 Å². The van der Waals surface area contributed by atoms with Crippen molar-refractivity contribution >= 4 is 12.1 Å². The molecule has 136 valence electrons. The lowest BCUT2D eigenvalue weighted by Gasteiger charge is -2.12. The molecule has 0 bridgehead atoms. The van der Waals surface area contributed by atoms with E-state index < -0.39 is 18.2 Å². The molecule has 26 heavy (non-hydrogen) atoms. The van der Waals surface area contributed by atoms with E-state index in [0.717, 1.165) is 5.56 Å². The highest BCUT2D eigenvalue weighted by atomic mass is 16.7. The fourth-order valence-electron chi connectivity index (χ4n) is 2.12. The Morgan fingerprint density at radius 3 is 2.50 bits per heavy atom. The van der Waals surface area contributed by atoms with Crippen LogP contribution in [-0.2, 0) is 27.3 Å². The van der Waals surface area contributed by atoms with Gasteiger partial charge in [-0.25, -0.2) is 9.59 Å². The maximum absolute atomic E-state index is 11.9. The zero-order valence-electron chi connectivity index (χ0n) is 14.2. The monoisotopic (exact) mass is 356 g/mol. The Morgan fingerprint density at radius 2 is 1.77 bits per heavy atom. The van der Waals surface area contributed by atoms with E-state index in [0.29, 0.717) is 5.56 Å². The van der Waals surface area contributed by atoms with Gasteiger partial charge in [-0.2, -0.15) is 0 Å². The molecule has 0 aromatic heterocycles. The van der Waals surface area contributed by atoms with E-state index in [1.807, 2.05) is 30.3 Å². The van der Waals surface area contributed by atoms with Crippen LogP contribution in [0.5, 0.6) is 5.75 Å². The van der Waals surface area contributed by atoms with E-state index in [4.69, 9.17) is 14.2 Å². The van der Waals surface area contributed by atoms with Crippen LogP contribution in [0.1, 0.15) is 11.1 Å². The molecule has 2 aromatic rings. The predicted molar refractivity (Wildman–Crippen MR) is 94.6 cm³/mol. The Bertz CT molecular complexity index is 741. The third-order valence-corrected chi connectivity index (χ3v) is 3.34. The summed E-state index contributed by atoms with van der Waals surface area (Å²) < 4.78 is 14.8. The largest absolute Gasteiger partial charge is 0.514 e. The van der Waals surface area contributed by atoms with E-state index in [9.17, 15) is 14.7 Å². The lowest BCUT2D eigenvalue weighted by Crippen LogP contribution is -2.25.